The maximum Gasteiger partial charge on any atom is 0.138 e. The van der Waals surface area contributed by atoms with Gasteiger partial charge in [-0.05, 0) is 30.7 Å². The van der Waals surface area contributed by atoms with Gasteiger partial charge in [-0.3, -0.25) is 4.90 Å². The Bertz CT molecular complexity index is 513. The van der Waals surface area contributed by atoms with E-state index in [4.69, 9.17) is 5.11 Å². The minimum Gasteiger partial charge on any atom is -0.384 e. The zero-order chi connectivity index (χ0) is 15.1. The first-order chi connectivity index (χ1) is 10.2. The maximum absolute atomic E-state index is 13.6. The van der Waals surface area contributed by atoms with E-state index in [1.165, 1.54) is 19.0 Å². The molecule has 1 aromatic carbocycles. The second-order valence-corrected chi connectivity index (χ2v) is 5.39. The van der Waals surface area contributed by atoms with E-state index in [1.807, 2.05) is 6.07 Å². The number of aliphatic hydroxyl groups is 1. The molecule has 0 aromatic heterocycles. The predicted molar refractivity (Wildman–Crippen MR) is 82.4 cm³/mol. The Morgan fingerprint density at radius 2 is 1.90 bits per heavy atom. The van der Waals surface area contributed by atoms with Gasteiger partial charge < -0.3 is 10.0 Å². The van der Waals surface area contributed by atoms with E-state index in [1.54, 1.807) is 6.07 Å². The Kier molecular flexibility index (Phi) is 6.19. The van der Waals surface area contributed by atoms with Crippen molar-refractivity contribution in [2.75, 3.05) is 39.3 Å². The quantitative estimate of drug-likeness (QED) is 0.855. The summed E-state index contributed by atoms with van der Waals surface area (Å²) in [7, 11) is 0. The van der Waals surface area contributed by atoms with Crippen LogP contribution in [0, 0.1) is 17.7 Å². The van der Waals surface area contributed by atoms with Crippen molar-refractivity contribution in [3.8, 4) is 11.8 Å². The van der Waals surface area contributed by atoms with Crippen LogP contribution in [-0.4, -0.2) is 54.2 Å². The third kappa shape index (κ3) is 4.82. The standard InChI is InChI=1S/C17H23FN2O/c1-2-7-19-8-10-20(11-9-19)14-15-5-6-17(18)16(13-15)4-3-12-21/h5-6,13,21H,2,7-12,14H2,1H3. The van der Waals surface area contributed by atoms with Crippen molar-refractivity contribution >= 4 is 0 Å². The lowest BCUT2D eigenvalue weighted by molar-refractivity contribution is 0.127. The molecule has 114 valence electrons. The highest BCUT2D eigenvalue weighted by molar-refractivity contribution is 5.38. The Morgan fingerprint density at radius 3 is 2.57 bits per heavy atom. The molecule has 3 nitrogen and oxygen atoms in total. The minimum absolute atomic E-state index is 0.247. The van der Waals surface area contributed by atoms with Gasteiger partial charge in [0.15, 0.2) is 0 Å². The van der Waals surface area contributed by atoms with E-state index in [-0.39, 0.29) is 12.4 Å². The largest absolute Gasteiger partial charge is 0.384 e. The molecule has 0 saturated carbocycles. The van der Waals surface area contributed by atoms with Crippen molar-refractivity contribution in [3.05, 3.63) is 35.1 Å². The Hall–Kier alpha value is -1.41. The van der Waals surface area contributed by atoms with Crippen LogP contribution in [0.5, 0.6) is 0 Å². The summed E-state index contributed by atoms with van der Waals surface area (Å²) in [6, 6.07) is 5.07. The van der Waals surface area contributed by atoms with Crippen molar-refractivity contribution in [2.24, 2.45) is 0 Å². The van der Waals surface area contributed by atoms with E-state index in [0.717, 1.165) is 38.3 Å². The van der Waals surface area contributed by atoms with Gasteiger partial charge in [0.2, 0.25) is 0 Å². The van der Waals surface area contributed by atoms with Gasteiger partial charge in [0, 0.05) is 32.7 Å². The topological polar surface area (TPSA) is 26.7 Å². The van der Waals surface area contributed by atoms with Crippen LogP contribution in [-0.2, 0) is 6.54 Å². The number of rotatable bonds is 4. The van der Waals surface area contributed by atoms with Crippen LogP contribution in [0.15, 0.2) is 18.2 Å². The number of piperazine rings is 1. The molecule has 0 atom stereocenters. The highest BCUT2D eigenvalue weighted by Gasteiger charge is 2.16. The molecule has 1 saturated heterocycles. The van der Waals surface area contributed by atoms with Crippen LogP contribution in [0.4, 0.5) is 4.39 Å². The highest BCUT2D eigenvalue weighted by atomic mass is 19.1. The van der Waals surface area contributed by atoms with Crippen LogP contribution in [0.25, 0.3) is 0 Å². The third-order valence-electron chi connectivity index (χ3n) is 3.74. The average molecular weight is 290 g/mol. The lowest BCUT2D eigenvalue weighted by atomic mass is 10.1. The molecule has 1 fully saturated rings. The van der Waals surface area contributed by atoms with Crippen molar-refractivity contribution < 1.29 is 9.50 Å². The number of hydrogen-bond acceptors (Lipinski definition) is 3. The normalized spacial score (nSPS) is 16.5. The first-order valence-corrected chi connectivity index (χ1v) is 7.55. The molecule has 0 unspecified atom stereocenters. The number of hydrogen-bond donors (Lipinski definition) is 1. The summed E-state index contributed by atoms with van der Waals surface area (Å²) in [5.74, 6) is 4.84. The third-order valence-corrected chi connectivity index (χ3v) is 3.74. The molecule has 2 rings (SSSR count). The van der Waals surface area contributed by atoms with E-state index in [9.17, 15) is 4.39 Å². The fraction of sp³-hybridized carbons (Fsp3) is 0.529. The molecule has 1 aliphatic heterocycles. The highest BCUT2D eigenvalue weighted by Crippen LogP contribution is 2.13. The van der Waals surface area contributed by atoms with Crippen LogP contribution >= 0.6 is 0 Å². The summed E-state index contributed by atoms with van der Waals surface area (Å²) >= 11 is 0. The zero-order valence-corrected chi connectivity index (χ0v) is 12.6. The maximum atomic E-state index is 13.6. The van der Waals surface area contributed by atoms with Crippen molar-refractivity contribution in [1.82, 2.24) is 9.80 Å². The van der Waals surface area contributed by atoms with Gasteiger partial charge in [0.05, 0.1) is 5.56 Å². The molecule has 1 aliphatic rings. The number of nitrogens with zero attached hydrogens (tertiary/aromatic N) is 2. The molecule has 0 spiro atoms. The molecule has 0 amide bonds. The average Bonchev–Trinajstić information content (AvgIpc) is 2.50. The second kappa shape index (κ2) is 8.14. The number of benzene rings is 1. The van der Waals surface area contributed by atoms with E-state index < -0.39 is 0 Å². The molecule has 0 radical (unpaired) electrons. The van der Waals surface area contributed by atoms with E-state index in [2.05, 4.69) is 28.6 Å². The van der Waals surface area contributed by atoms with Crippen molar-refractivity contribution in [2.45, 2.75) is 19.9 Å². The smallest absolute Gasteiger partial charge is 0.138 e. The molecule has 1 N–H and O–H groups in total. The Labute approximate surface area is 126 Å². The van der Waals surface area contributed by atoms with E-state index >= 15 is 0 Å². The first-order valence-electron chi connectivity index (χ1n) is 7.55. The molecular weight excluding hydrogens is 267 g/mol. The molecular formula is C17H23FN2O. The van der Waals surface area contributed by atoms with Gasteiger partial charge in [0.1, 0.15) is 12.4 Å². The van der Waals surface area contributed by atoms with Crippen LogP contribution in [0.2, 0.25) is 0 Å². The fourth-order valence-electron chi connectivity index (χ4n) is 2.65. The Balaban J connectivity index is 1.94. The fourth-order valence-corrected chi connectivity index (χ4v) is 2.65. The van der Waals surface area contributed by atoms with Crippen LogP contribution < -0.4 is 0 Å². The molecule has 0 bridgehead atoms. The molecule has 0 aliphatic carbocycles. The number of halogens is 1. The number of aliphatic hydroxyl groups excluding tert-OH is 1. The lowest BCUT2D eigenvalue weighted by Gasteiger charge is -2.34. The van der Waals surface area contributed by atoms with E-state index in [0.29, 0.717) is 5.56 Å². The van der Waals surface area contributed by atoms with Crippen molar-refractivity contribution in [3.63, 3.8) is 0 Å². The molecule has 1 heterocycles. The molecule has 1 aromatic rings. The van der Waals surface area contributed by atoms with Crippen molar-refractivity contribution in [1.29, 1.82) is 0 Å². The van der Waals surface area contributed by atoms with Gasteiger partial charge in [-0.1, -0.05) is 24.8 Å². The molecule has 4 heteroatoms. The lowest BCUT2D eigenvalue weighted by Crippen LogP contribution is -2.45. The first kappa shape index (κ1) is 16.0. The molecule has 21 heavy (non-hydrogen) atoms. The summed E-state index contributed by atoms with van der Waals surface area (Å²) in [5.41, 5.74) is 1.44. The van der Waals surface area contributed by atoms with Gasteiger partial charge in [-0.15, -0.1) is 0 Å². The summed E-state index contributed by atoms with van der Waals surface area (Å²) in [4.78, 5) is 4.88. The summed E-state index contributed by atoms with van der Waals surface area (Å²) in [5, 5.41) is 8.71. The minimum atomic E-state index is -0.326. The zero-order valence-electron chi connectivity index (χ0n) is 12.6. The Morgan fingerprint density at radius 1 is 1.19 bits per heavy atom. The second-order valence-electron chi connectivity index (χ2n) is 5.39. The van der Waals surface area contributed by atoms with Gasteiger partial charge >= 0.3 is 0 Å². The SMILES string of the molecule is CCCN1CCN(Cc2ccc(F)c(C#CCO)c2)CC1. The summed E-state index contributed by atoms with van der Waals surface area (Å²) in [6.07, 6.45) is 1.20. The summed E-state index contributed by atoms with van der Waals surface area (Å²) < 4.78 is 13.6. The van der Waals surface area contributed by atoms with Gasteiger partial charge in [0.25, 0.3) is 0 Å². The van der Waals surface area contributed by atoms with Crippen LogP contribution in [0.3, 0.4) is 0 Å². The summed E-state index contributed by atoms with van der Waals surface area (Å²) in [6.45, 7) is 8.27. The van der Waals surface area contributed by atoms with Gasteiger partial charge in [-0.2, -0.15) is 0 Å². The predicted octanol–water partition coefficient (Wildman–Crippen LogP) is 1.70. The monoisotopic (exact) mass is 290 g/mol. The van der Waals surface area contributed by atoms with Crippen LogP contribution in [0.1, 0.15) is 24.5 Å². The van der Waals surface area contributed by atoms with Gasteiger partial charge in [-0.25, -0.2) is 4.39 Å².